The molecule has 0 heterocycles. The molecule has 84 valence electrons. The normalized spacial score (nSPS) is 12.7. The van der Waals surface area contributed by atoms with Gasteiger partial charge >= 0.3 is 5.97 Å². The quantitative estimate of drug-likeness (QED) is 0.486. The Kier molecular flexibility index (Phi) is 8.57. The summed E-state index contributed by atoms with van der Waals surface area (Å²) in [6.07, 6.45) is 2.97. The number of carboxylic acid groups (broad SMARTS) is 1. The molecule has 0 saturated carbocycles. The van der Waals surface area contributed by atoms with Gasteiger partial charge in [0.05, 0.1) is 0 Å². The van der Waals surface area contributed by atoms with Gasteiger partial charge in [-0.3, -0.25) is 4.79 Å². The molecule has 1 unspecified atom stereocenters. The van der Waals surface area contributed by atoms with Gasteiger partial charge in [-0.2, -0.15) is 0 Å². The molecule has 0 aliphatic rings. The minimum absolute atomic E-state index is 0.236. The second kappa shape index (κ2) is 8.97. The molecular weight excluding hydrogens is 182 g/mol. The zero-order chi connectivity index (χ0) is 10.8. The van der Waals surface area contributed by atoms with E-state index in [9.17, 15) is 4.79 Å². The topological polar surface area (TPSA) is 69.6 Å². The molecule has 0 amide bonds. The molecule has 0 aromatic heterocycles. The number of carboxylic acids is 1. The summed E-state index contributed by atoms with van der Waals surface area (Å²) in [5.74, 6) is -0.364. The van der Waals surface area contributed by atoms with Crippen molar-refractivity contribution in [2.75, 3.05) is 19.7 Å². The molecule has 0 aromatic carbocycles. The van der Waals surface area contributed by atoms with Crippen LogP contribution in [0.25, 0.3) is 0 Å². The maximum Gasteiger partial charge on any atom is 0.303 e. The summed E-state index contributed by atoms with van der Waals surface area (Å²) >= 11 is 0. The Morgan fingerprint density at radius 1 is 1.36 bits per heavy atom. The van der Waals surface area contributed by atoms with Gasteiger partial charge in [-0.25, -0.2) is 0 Å². The van der Waals surface area contributed by atoms with Crippen molar-refractivity contribution in [3.05, 3.63) is 0 Å². The fourth-order valence-corrected chi connectivity index (χ4v) is 1.16. The molecule has 0 rings (SSSR count). The molecule has 0 saturated heterocycles. The van der Waals surface area contributed by atoms with Crippen LogP contribution in [0.5, 0.6) is 0 Å². The number of rotatable bonds is 9. The van der Waals surface area contributed by atoms with Gasteiger partial charge in [0.15, 0.2) is 0 Å². The molecular formula is C10H21NO3. The predicted molar refractivity (Wildman–Crippen MR) is 55.2 cm³/mol. The summed E-state index contributed by atoms with van der Waals surface area (Å²) in [5, 5.41) is 20.3. The van der Waals surface area contributed by atoms with Gasteiger partial charge in [-0.1, -0.05) is 6.92 Å². The number of nitrogens with one attached hydrogen (secondary N) is 1. The van der Waals surface area contributed by atoms with E-state index < -0.39 is 5.97 Å². The van der Waals surface area contributed by atoms with Crippen LogP contribution in [0, 0.1) is 5.92 Å². The van der Waals surface area contributed by atoms with E-state index in [2.05, 4.69) is 5.32 Å². The maximum absolute atomic E-state index is 10.2. The van der Waals surface area contributed by atoms with Crippen LogP contribution in [0.1, 0.15) is 32.6 Å². The standard InChI is InChI=1S/C10H21NO3/c1-9(8-12)4-2-6-11-7-3-5-10(13)14/h9,11-12H,2-8H2,1H3,(H,13,14). The van der Waals surface area contributed by atoms with Crippen LogP contribution < -0.4 is 5.32 Å². The van der Waals surface area contributed by atoms with Gasteiger partial charge in [-0.15, -0.1) is 0 Å². The summed E-state index contributed by atoms with van der Waals surface area (Å²) in [7, 11) is 0. The Labute approximate surface area is 85.3 Å². The zero-order valence-electron chi connectivity index (χ0n) is 8.83. The summed E-state index contributed by atoms with van der Waals surface area (Å²) in [4.78, 5) is 10.2. The van der Waals surface area contributed by atoms with Crippen LogP contribution >= 0.6 is 0 Å². The Morgan fingerprint density at radius 2 is 2.00 bits per heavy atom. The molecule has 14 heavy (non-hydrogen) atoms. The Hall–Kier alpha value is -0.610. The SMILES string of the molecule is CC(CO)CCCNCCCC(=O)O. The minimum Gasteiger partial charge on any atom is -0.481 e. The Bertz CT molecular complexity index is 150. The first-order valence-electron chi connectivity index (χ1n) is 5.20. The van der Waals surface area contributed by atoms with Gasteiger partial charge in [0.2, 0.25) is 0 Å². The van der Waals surface area contributed by atoms with E-state index in [4.69, 9.17) is 10.2 Å². The molecule has 0 aromatic rings. The third-order valence-electron chi connectivity index (χ3n) is 2.11. The summed E-state index contributed by atoms with van der Waals surface area (Å²) in [6, 6.07) is 0. The summed E-state index contributed by atoms with van der Waals surface area (Å²) in [6.45, 7) is 3.94. The molecule has 0 aliphatic heterocycles. The highest BCUT2D eigenvalue weighted by molar-refractivity contribution is 5.66. The van der Waals surface area contributed by atoms with Crippen LogP contribution in [0.3, 0.4) is 0 Å². The Morgan fingerprint density at radius 3 is 2.57 bits per heavy atom. The van der Waals surface area contributed by atoms with Crippen molar-refractivity contribution in [3.63, 3.8) is 0 Å². The monoisotopic (exact) mass is 203 g/mol. The predicted octanol–water partition coefficient (Wildman–Crippen LogP) is 0.849. The third kappa shape index (κ3) is 9.48. The summed E-state index contributed by atoms with van der Waals surface area (Å²) in [5.41, 5.74) is 0. The maximum atomic E-state index is 10.2. The van der Waals surface area contributed by atoms with E-state index in [0.717, 1.165) is 25.9 Å². The van der Waals surface area contributed by atoms with E-state index >= 15 is 0 Å². The van der Waals surface area contributed by atoms with E-state index in [0.29, 0.717) is 12.3 Å². The largest absolute Gasteiger partial charge is 0.481 e. The van der Waals surface area contributed by atoms with E-state index in [1.807, 2.05) is 6.92 Å². The number of aliphatic hydroxyl groups excluding tert-OH is 1. The highest BCUT2D eigenvalue weighted by Crippen LogP contribution is 2.02. The van der Waals surface area contributed by atoms with Crippen molar-refractivity contribution in [3.8, 4) is 0 Å². The highest BCUT2D eigenvalue weighted by Gasteiger charge is 1.99. The van der Waals surface area contributed by atoms with Crippen LogP contribution in [-0.2, 0) is 4.79 Å². The smallest absolute Gasteiger partial charge is 0.303 e. The lowest BCUT2D eigenvalue weighted by Crippen LogP contribution is -2.18. The van der Waals surface area contributed by atoms with Crippen molar-refractivity contribution in [1.82, 2.24) is 5.32 Å². The molecule has 0 spiro atoms. The van der Waals surface area contributed by atoms with Crippen LogP contribution in [0.4, 0.5) is 0 Å². The zero-order valence-corrected chi connectivity index (χ0v) is 8.83. The first-order chi connectivity index (χ1) is 6.66. The average molecular weight is 203 g/mol. The number of hydrogen-bond donors (Lipinski definition) is 3. The first-order valence-corrected chi connectivity index (χ1v) is 5.20. The van der Waals surface area contributed by atoms with Gasteiger partial charge < -0.3 is 15.5 Å². The molecule has 0 bridgehead atoms. The minimum atomic E-state index is -0.735. The van der Waals surface area contributed by atoms with Crippen LogP contribution in [0.2, 0.25) is 0 Å². The molecule has 4 heteroatoms. The van der Waals surface area contributed by atoms with Crippen molar-refractivity contribution >= 4 is 5.97 Å². The number of aliphatic carboxylic acids is 1. The van der Waals surface area contributed by atoms with Crippen molar-refractivity contribution < 1.29 is 15.0 Å². The fourth-order valence-electron chi connectivity index (χ4n) is 1.16. The molecule has 1 atom stereocenters. The number of aliphatic hydroxyl groups is 1. The lowest BCUT2D eigenvalue weighted by Gasteiger charge is -2.07. The second-order valence-corrected chi connectivity index (χ2v) is 3.68. The fraction of sp³-hybridized carbons (Fsp3) is 0.900. The van der Waals surface area contributed by atoms with Crippen LogP contribution in [0.15, 0.2) is 0 Å². The highest BCUT2D eigenvalue weighted by atomic mass is 16.4. The summed E-state index contributed by atoms with van der Waals surface area (Å²) < 4.78 is 0. The third-order valence-corrected chi connectivity index (χ3v) is 2.11. The molecule has 0 fully saturated rings. The van der Waals surface area contributed by atoms with Gasteiger partial charge in [0, 0.05) is 13.0 Å². The van der Waals surface area contributed by atoms with Gasteiger partial charge in [-0.05, 0) is 38.3 Å². The second-order valence-electron chi connectivity index (χ2n) is 3.68. The molecule has 0 radical (unpaired) electrons. The van der Waals surface area contributed by atoms with Crippen molar-refractivity contribution in [1.29, 1.82) is 0 Å². The van der Waals surface area contributed by atoms with Crippen molar-refractivity contribution in [2.24, 2.45) is 5.92 Å². The van der Waals surface area contributed by atoms with Crippen molar-refractivity contribution in [2.45, 2.75) is 32.6 Å². The Balaban J connectivity index is 3.02. The number of hydrogen-bond acceptors (Lipinski definition) is 3. The van der Waals surface area contributed by atoms with Crippen LogP contribution in [-0.4, -0.2) is 35.9 Å². The molecule has 0 aliphatic carbocycles. The van der Waals surface area contributed by atoms with E-state index in [-0.39, 0.29) is 13.0 Å². The van der Waals surface area contributed by atoms with E-state index in [1.165, 1.54) is 0 Å². The number of carbonyl (C=O) groups is 1. The average Bonchev–Trinajstić information content (AvgIpc) is 2.15. The lowest BCUT2D eigenvalue weighted by molar-refractivity contribution is -0.137. The van der Waals surface area contributed by atoms with Gasteiger partial charge in [0.25, 0.3) is 0 Å². The van der Waals surface area contributed by atoms with E-state index in [1.54, 1.807) is 0 Å². The first kappa shape index (κ1) is 13.4. The molecule has 4 nitrogen and oxygen atoms in total. The van der Waals surface area contributed by atoms with Gasteiger partial charge in [0.1, 0.15) is 0 Å². The lowest BCUT2D eigenvalue weighted by atomic mass is 10.1. The molecule has 3 N–H and O–H groups in total.